The van der Waals surface area contributed by atoms with E-state index in [0.29, 0.717) is 6.07 Å². The summed E-state index contributed by atoms with van der Waals surface area (Å²) in [7, 11) is 1.17. The molecule has 0 saturated carbocycles. The molecule has 0 unspecified atom stereocenters. The molecule has 0 bridgehead atoms. The van der Waals surface area contributed by atoms with Crippen molar-refractivity contribution in [3.05, 3.63) is 42.9 Å². The standard InChI is InChI=1S/C11H10ClN3O7/c1-22-9(16)2-3-13-11(17)7-4-6(14(18)19)5-8(10(7)12)15(20)21/h4-5H,2-3H2,1H3,(H,13,17). The van der Waals surface area contributed by atoms with E-state index in [2.05, 4.69) is 10.1 Å². The lowest BCUT2D eigenvalue weighted by Crippen LogP contribution is -2.26. The maximum absolute atomic E-state index is 11.9. The second-order valence-corrected chi connectivity index (χ2v) is 4.30. The summed E-state index contributed by atoms with van der Waals surface area (Å²) in [5.41, 5.74) is -1.82. The van der Waals surface area contributed by atoms with E-state index in [9.17, 15) is 29.8 Å². The topological polar surface area (TPSA) is 142 Å². The number of rotatable bonds is 6. The van der Waals surface area contributed by atoms with Crippen molar-refractivity contribution >= 4 is 34.9 Å². The van der Waals surface area contributed by atoms with Crippen molar-refractivity contribution in [2.24, 2.45) is 0 Å². The number of nitro groups is 2. The van der Waals surface area contributed by atoms with E-state index in [1.807, 2.05) is 0 Å². The molecule has 0 heterocycles. The van der Waals surface area contributed by atoms with Crippen molar-refractivity contribution in [3.8, 4) is 0 Å². The quantitative estimate of drug-likeness (QED) is 0.472. The van der Waals surface area contributed by atoms with Crippen LogP contribution < -0.4 is 5.32 Å². The van der Waals surface area contributed by atoms with Gasteiger partial charge < -0.3 is 10.1 Å². The van der Waals surface area contributed by atoms with Crippen molar-refractivity contribution < 1.29 is 24.2 Å². The molecule has 0 aliphatic heterocycles. The Morgan fingerprint density at radius 1 is 1.27 bits per heavy atom. The van der Waals surface area contributed by atoms with Gasteiger partial charge in [0.2, 0.25) is 0 Å². The van der Waals surface area contributed by atoms with Crippen LogP contribution in [0.15, 0.2) is 12.1 Å². The lowest BCUT2D eigenvalue weighted by molar-refractivity contribution is -0.394. The normalized spacial score (nSPS) is 9.91. The highest BCUT2D eigenvalue weighted by Gasteiger charge is 2.26. The van der Waals surface area contributed by atoms with Gasteiger partial charge in [-0.25, -0.2) is 0 Å². The third-order valence-electron chi connectivity index (χ3n) is 2.53. The number of carbonyl (C=O) groups is 2. The Hall–Kier alpha value is -2.75. The Labute approximate surface area is 128 Å². The van der Waals surface area contributed by atoms with Gasteiger partial charge in [-0.3, -0.25) is 29.8 Å². The lowest BCUT2D eigenvalue weighted by Gasteiger charge is -2.06. The number of esters is 1. The van der Waals surface area contributed by atoms with E-state index in [1.54, 1.807) is 0 Å². The molecule has 0 atom stereocenters. The van der Waals surface area contributed by atoms with Crippen LogP contribution >= 0.6 is 11.6 Å². The zero-order valence-corrected chi connectivity index (χ0v) is 12.0. The van der Waals surface area contributed by atoms with E-state index in [4.69, 9.17) is 11.6 Å². The monoisotopic (exact) mass is 331 g/mol. The molecule has 0 aromatic heterocycles. The van der Waals surface area contributed by atoms with Gasteiger partial charge in [-0.15, -0.1) is 0 Å². The summed E-state index contributed by atoms with van der Waals surface area (Å²) >= 11 is 5.73. The molecule has 0 aliphatic rings. The van der Waals surface area contributed by atoms with Gasteiger partial charge in [0.1, 0.15) is 5.02 Å². The molecule has 118 valence electrons. The second-order valence-electron chi connectivity index (χ2n) is 3.92. The zero-order valence-electron chi connectivity index (χ0n) is 11.2. The molecular weight excluding hydrogens is 322 g/mol. The number of carbonyl (C=O) groups excluding carboxylic acids is 2. The first-order valence-corrected chi connectivity index (χ1v) is 6.13. The van der Waals surface area contributed by atoms with Crippen molar-refractivity contribution in [3.63, 3.8) is 0 Å². The Balaban J connectivity index is 3.06. The Morgan fingerprint density at radius 2 is 1.91 bits per heavy atom. The molecule has 1 amide bonds. The van der Waals surface area contributed by atoms with Gasteiger partial charge in [0.15, 0.2) is 0 Å². The lowest BCUT2D eigenvalue weighted by atomic mass is 10.1. The number of nitrogens with zero attached hydrogens (tertiary/aromatic N) is 2. The molecule has 1 rings (SSSR count). The minimum absolute atomic E-state index is 0.113. The predicted octanol–water partition coefficient (Wildman–Crippen LogP) is 1.45. The largest absolute Gasteiger partial charge is 0.469 e. The highest BCUT2D eigenvalue weighted by molar-refractivity contribution is 6.36. The maximum Gasteiger partial charge on any atom is 0.307 e. The molecule has 1 N–H and O–H groups in total. The summed E-state index contributed by atoms with van der Waals surface area (Å²) in [6, 6.07) is 1.48. The van der Waals surface area contributed by atoms with Crippen LogP contribution in [0.3, 0.4) is 0 Å². The Bertz CT molecular complexity index is 647. The first-order chi connectivity index (χ1) is 10.3. The maximum atomic E-state index is 11.9. The SMILES string of the molecule is COC(=O)CCNC(=O)c1cc([N+](=O)[O-])cc([N+](=O)[O-])c1Cl. The average Bonchev–Trinajstić information content (AvgIpc) is 2.46. The number of methoxy groups -OCH3 is 1. The minimum Gasteiger partial charge on any atom is -0.469 e. The van der Waals surface area contributed by atoms with Gasteiger partial charge in [0.25, 0.3) is 17.3 Å². The van der Waals surface area contributed by atoms with Crippen LogP contribution in [0.2, 0.25) is 5.02 Å². The fraction of sp³-hybridized carbons (Fsp3) is 0.273. The summed E-state index contributed by atoms with van der Waals surface area (Å²) in [5.74, 6) is -1.45. The van der Waals surface area contributed by atoms with Crippen molar-refractivity contribution in [2.75, 3.05) is 13.7 Å². The summed E-state index contributed by atoms with van der Waals surface area (Å²) in [5, 5.41) is 23.3. The minimum atomic E-state index is -0.930. The number of non-ortho nitro benzene ring substituents is 1. The van der Waals surface area contributed by atoms with Gasteiger partial charge in [-0.1, -0.05) is 11.6 Å². The van der Waals surface area contributed by atoms with Crippen LogP contribution in [0.4, 0.5) is 11.4 Å². The molecule has 0 fully saturated rings. The first kappa shape index (κ1) is 17.3. The van der Waals surface area contributed by atoms with Gasteiger partial charge >= 0.3 is 5.97 Å². The van der Waals surface area contributed by atoms with Gasteiger partial charge in [-0.05, 0) is 0 Å². The molecule has 10 nitrogen and oxygen atoms in total. The van der Waals surface area contributed by atoms with Crippen LogP contribution in [0, 0.1) is 20.2 Å². The van der Waals surface area contributed by atoms with E-state index in [0.717, 1.165) is 6.07 Å². The smallest absolute Gasteiger partial charge is 0.307 e. The summed E-state index contributed by atoms with van der Waals surface area (Å²) < 4.78 is 4.37. The fourth-order valence-electron chi connectivity index (χ4n) is 1.47. The third-order valence-corrected chi connectivity index (χ3v) is 2.93. The number of nitrogens with one attached hydrogen (secondary N) is 1. The number of amides is 1. The molecule has 0 radical (unpaired) electrons. The second kappa shape index (κ2) is 7.31. The highest BCUT2D eigenvalue weighted by atomic mass is 35.5. The number of hydrogen-bond donors (Lipinski definition) is 1. The molecule has 1 aromatic rings. The molecule has 0 spiro atoms. The molecule has 0 saturated heterocycles. The molecule has 22 heavy (non-hydrogen) atoms. The van der Waals surface area contributed by atoms with Crippen LogP contribution in [0.1, 0.15) is 16.8 Å². The molecule has 0 aliphatic carbocycles. The Kier molecular flexibility index (Phi) is 5.75. The van der Waals surface area contributed by atoms with Gasteiger partial charge in [0, 0.05) is 12.6 Å². The van der Waals surface area contributed by atoms with E-state index in [1.165, 1.54) is 7.11 Å². The van der Waals surface area contributed by atoms with Crippen molar-refractivity contribution in [1.82, 2.24) is 5.32 Å². The van der Waals surface area contributed by atoms with Crippen LogP contribution in [-0.2, 0) is 9.53 Å². The van der Waals surface area contributed by atoms with Crippen molar-refractivity contribution in [1.29, 1.82) is 0 Å². The highest BCUT2D eigenvalue weighted by Crippen LogP contribution is 2.32. The zero-order chi connectivity index (χ0) is 16.9. The van der Waals surface area contributed by atoms with E-state index < -0.39 is 43.7 Å². The number of benzene rings is 1. The molecule has 1 aromatic carbocycles. The Morgan fingerprint density at radius 3 is 2.41 bits per heavy atom. The molecule has 11 heteroatoms. The van der Waals surface area contributed by atoms with Crippen LogP contribution in [0.25, 0.3) is 0 Å². The number of ether oxygens (including phenoxy) is 1. The third kappa shape index (κ3) is 4.12. The van der Waals surface area contributed by atoms with E-state index in [-0.39, 0.29) is 13.0 Å². The first-order valence-electron chi connectivity index (χ1n) is 5.75. The number of nitro benzene ring substituents is 2. The predicted molar refractivity (Wildman–Crippen MR) is 73.7 cm³/mol. The molecular formula is C11H10ClN3O7. The van der Waals surface area contributed by atoms with Gasteiger partial charge in [0.05, 0.1) is 35.0 Å². The number of hydrogen-bond acceptors (Lipinski definition) is 7. The summed E-state index contributed by atoms with van der Waals surface area (Å²) in [4.78, 5) is 42.6. The average molecular weight is 332 g/mol. The summed E-state index contributed by atoms with van der Waals surface area (Å²) in [6.07, 6.45) is -0.128. The van der Waals surface area contributed by atoms with Crippen molar-refractivity contribution in [2.45, 2.75) is 6.42 Å². The van der Waals surface area contributed by atoms with Gasteiger partial charge in [-0.2, -0.15) is 0 Å². The van der Waals surface area contributed by atoms with Crippen LogP contribution in [-0.4, -0.2) is 35.4 Å². The number of halogens is 1. The van der Waals surface area contributed by atoms with Crippen LogP contribution in [0.5, 0.6) is 0 Å². The fourth-order valence-corrected chi connectivity index (χ4v) is 1.74. The summed E-state index contributed by atoms with van der Waals surface area (Å²) in [6.45, 7) is -0.113. The van der Waals surface area contributed by atoms with E-state index >= 15 is 0 Å².